The summed E-state index contributed by atoms with van der Waals surface area (Å²) in [5.41, 5.74) is 2.32. The predicted octanol–water partition coefficient (Wildman–Crippen LogP) is 4.67. The second kappa shape index (κ2) is 8.15. The molecule has 21 heavy (non-hydrogen) atoms. The molecule has 0 aliphatic carbocycles. The van der Waals surface area contributed by atoms with Crippen molar-refractivity contribution in [2.24, 2.45) is 0 Å². The van der Waals surface area contributed by atoms with Crippen LogP contribution < -0.4 is 10.1 Å². The first-order valence-corrected chi connectivity index (χ1v) is 7.84. The predicted molar refractivity (Wildman–Crippen MR) is 86.9 cm³/mol. The molecule has 0 radical (unpaired) electrons. The van der Waals surface area contributed by atoms with Crippen molar-refractivity contribution in [3.8, 4) is 5.75 Å². The highest BCUT2D eigenvalue weighted by molar-refractivity contribution is 9.10. The Morgan fingerprint density at radius 1 is 1.10 bits per heavy atom. The summed E-state index contributed by atoms with van der Waals surface area (Å²) < 4.78 is 19.5. The van der Waals surface area contributed by atoms with E-state index in [4.69, 9.17) is 4.74 Å². The van der Waals surface area contributed by atoms with Crippen LogP contribution in [-0.2, 0) is 13.2 Å². The second-order valence-corrected chi connectivity index (χ2v) is 5.80. The van der Waals surface area contributed by atoms with Crippen LogP contribution in [0.4, 0.5) is 4.39 Å². The summed E-state index contributed by atoms with van der Waals surface area (Å²) in [4.78, 5) is 0. The van der Waals surface area contributed by atoms with Gasteiger partial charge < -0.3 is 10.1 Å². The SMILES string of the molecule is CCCNCc1ccc(COc2cc(F)cc(Br)c2)cc1. The van der Waals surface area contributed by atoms with Crippen molar-refractivity contribution in [2.45, 2.75) is 26.5 Å². The molecule has 0 atom stereocenters. The fourth-order valence-electron chi connectivity index (χ4n) is 1.94. The third kappa shape index (κ3) is 5.48. The molecule has 0 unspecified atom stereocenters. The fourth-order valence-corrected chi connectivity index (χ4v) is 2.39. The molecule has 0 aromatic heterocycles. The molecule has 4 heteroatoms. The van der Waals surface area contributed by atoms with Crippen molar-refractivity contribution in [3.05, 3.63) is 63.9 Å². The van der Waals surface area contributed by atoms with Crippen LogP contribution in [0.2, 0.25) is 0 Å². The van der Waals surface area contributed by atoms with Crippen molar-refractivity contribution in [3.63, 3.8) is 0 Å². The van der Waals surface area contributed by atoms with Crippen LogP contribution in [0.5, 0.6) is 5.75 Å². The van der Waals surface area contributed by atoms with E-state index in [-0.39, 0.29) is 5.82 Å². The van der Waals surface area contributed by atoms with Gasteiger partial charge in [-0.3, -0.25) is 0 Å². The van der Waals surface area contributed by atoms with Gasteiger partial charge in [-0.25, -0.2) is 4.39 Å². The standard InChI is InChI=1S/C17H19BrFNO/c1-2-7-20-11-13-3-5-14(6-4-13)12-21-17-9-15(18)8-16(19)10-17/h3-6,8-10,20H,2,7,11-12H2,1H3. The van der Waals surface area contributed by atoms with Gasteiger partial charge in [0.1, 0.15) is 18.2 Å². The van der Waals surface area contributed by atoms with E-state index in [0.29, 0.717) is 16.8 Å². The topological polar surface area (TPSA) is 21.3 Å². The van der Waals surface area contributed by atoms with E-state index in [2.05, 4.69) is 40.3 Å². The summed E-state index contributed by atoms with van der Waals surface area (Å²) in [6, 6.07) is 12.8. The Bertz CT molecular complexity index is 551. The van der Waals surface area contributed by atoms with Gasteiger partial charge in [-0.1, -0.05) is 47.1 Å². The summed E-state index contributed by atoms with van der Waals surface area (Å²) in [5.74, 6) is 0.215. The Balaban J connectivity index is 1.88. The molecule has 0 bridgehead atoms. The monoisotopic (exact) mass is 351 g/mol. The van der Waals surface area contributed by atoms with Crippen molar-refractivity contribution in [1.82, 2.24) is 5.32 Å². The number of nitrogens with one attached hydrogen (secondary N) is 1. The molecule has 0 aliphatic rings. The van der Waals surface area contributed by atoms with Crippen LogP contribution in [0.15, 0.2) is 46.9 Å². The van der Waals surface area contributed by atoms with E-state index in [1.807, 2.05) is 12.1 Å². The number of rotatable bonds is 7. The normalized spacial score (nSPS) is 10.6. The Morgan fingerprint density at radius 2 is 1.81 bits per heavy atom. The van der Waals surface area contributed by atoms with Crippen molar-refractivity contribution in [2.75, 3.05) is 6.54 Å². The lowest BCUT2D eigenvalue weighted by atomic mass is 10.1. The lowest BCUT2D eigenvalue weighted by Crippen LogP contribution is -2.13. The summed E-state index contributed by atoms with van der Waals surface area (Å²) >= 11 is 3.25. The first kappa shape index (κ1) is 16.0. The molecule has 0 amide bonds. The maximum absolute atomic E-state index is 13.2. The van der Waals surface area contributed by atoms with E-state index in [1.54, 1.807) is 6.07 Å². The second-order valence-electron chi connectivity index (χ2n) is 4.89. The van der Waals surface area contributed by atoms with E-state index in [0.717, 1.165) is 25.1 Å². The lowest BCUT2D eigenvalue weighted by molar-refractivity contribution is 0.304. The number of hydrogen-bond donors (Lipinski definition) is 1. The lowest BCUT2D eigenvalue weighted by Gasteiger charge is -2.08. The molecule has 0 saturated heterocycles. The minimum absolute atomic E-state index is 0.309. The molecule has 2 nitrogen and oxygen atoms in total. The van der Waals surface area contributed by atoms with E-state index in [9.17, 15) is 4.39 Å². The zero-order valence-corrected chi connectivity index (χ0v) is 13.6. The largest absolute Gasteiger partial charge is 0.489 e. The average molecular weight is 352 g/mol. The van der Waals surface area contributed by atoms with Crippen LogP contribution in [0.1, 0.15) is 24.5 Å². The molecule has 0 heterocycles. The van der Waals surface area contributed by atoms with Crippen molar-refractivity contribution < 1.29 is 9.13 Å². The van der Waals surface area contributed by atoms with Gasteiger partial charge in [-0.15, -0.1) is 0 Å². The van der Waals surface area contributed by atoms with E-state index in [1.165, 1.54) is 17.7 Å². The zero-order chi connectivity index (χ0) is 15.1. The molecule has 2 rings (SSSR count). The van der Waals surface area contributed by atoms with Gasteiger partial charge in [0.2, 0.25) is 0 Å². The summed E-state index contributed by atoms with van der Waals surface area (Å²) in [6.07, 6.45) is 1.13. The van der Waals surface area contributed by atoms with Crippen LogP contribution in [0.3, 0.4) is 0 Å². The molecular formula is C17H19BrFNO. The van der Waals surface area contributed by atoms with Gasteiger partial charge in [-0.05, 0) is 36.2 Å². The molecule has 0 saturated carbocycles. The van der Waals surface area contributed by atoms with Gasteiger partial charge in [-0.2, -0.15) is 0 Å². The highest BCUT2D eigenvalue weighted by atomic mass is 79.9. The number of ether oxygens (including phenoxy) is 1. The molecular weight excluding hydrogens is 333 g/mol. The summed E-state index contributed by atoms with van der Waals surface area (Å²) in [6.45, 7) is 4.49. The van der Waals surface area contributed by atoms with E-state index < -0.39 is 0 Å². The minimum atomic E-state index is -0.309. The smallest absolute Gasteiger partial charge is 0.128 e. The van der Waals surface area contributed by atoms with E-state index >= 15 is 0 Å². The van der Waals surface area contributed by atoms with Gasteiger partial charge in [0.15, 0.2) is 0 Å². The first-order chi connectivity index (χ1) is 10.2. The molecule has 0 aliphatic heterocycles. The Labute approximate surface area is 133 Å². The number of halogens is 2. The van der Waals surface area contributed by atoms with Crippen molar-refractivity contribution >= 4 is 15.9 Å². The van der Waals surface area contributed by atoms with Gasteiger partial charge in [0.25, 0.3) is 0 Å². The molecule has 0 fully saturated rings. The van der Waals surface area contributed by atoms with Gasteiger partial charge in [0.05, 0.1) is 0 Å². The Kier molecular flexibility index (Phi) is 6.21. The third-order valence-electron chi connectivity index (χ3n) is 3.02. The minimum Gasteiger partial charge on any atom is -0.489 e. The van der Waals surface area contributed by atoms with Gasteiger partial charge in [0, 0.05) is 17.1 Å². The molecule has 112 valence electrons. The van der Waals surface area contributed by atoms with Crippen LogP contribution in [0, 0.1) is 5.82 Å². The van der Waals surface area contributed by atoms with Crippen LogP contribution >= 0.6 is 15.9 Å². The maximum Gasteiger partial charge on any atom is 0.128 e. The van der Waals surface area contributed by atoms with Crippen molar-refractivity contribution in [1.29, 1.82) is 0 Å². The third-order valence-corrected chi connectivity index (χ3v) is 3.48. The van der Waals surface area contributed by atoms with Crippen LogP contribution in [0.25, 0.3) is 0 Å². The highest BCUT2D eigenvalue weighted by Crippen LogP contribution is 2.21. The summed E-state index contributed by atoms with van der Waals surface area (Å²) in [5, 5.41) is 3.36. The first-order valence-electron chi connectivity index (χ1n) is 7.05. The molecule has 2 aromatic rings. The fraction of sp³-hybridized carbons (Fsp3) is 0.294. The Morgan fingerprint density at radius 3 is 2.48 bits per heavy atom. The number of hydrogen-bond acceptors (Lipinski definition) is 2. The Hall–Kier alpha value is -1.39. The highest BCUT2D eigenvalue weighted by Gasteiger charge is 2.01. The zero-order valence-electron chi connectivity index (χ0n) is 12.0. The van der Waals surface area contributed by atoms with Crippen LogP contribution in [-0.4, -0.2) is 6.54 Å². The quantitative estimate of drug-likeness (QED) is 0.732. The maximum atomic E-state index is 13.2. The van der Waals surface area contributed by atoms with Gasteiger partial charge >= 0.3 is 0 Å². The molecule has 1 N–H and O–H groups in total. The number of benzene rings is 2. The average Bonchev–Trinajstić information content (AvgIpc) is 2.46. The molecule has 0 spiro atoms. The summed E-state index contributed by atoms with van der Waals surface area (Å²) in [7, 11) is 0. The molecule has 2 aromatic carbocycles.